The fourth-order valence-electron chi connectivity index (χ4n) is 2.17. The molecule has 0 aliphatic rings. The first-order valence-corrected chi connectivity index (χ1v) is 7.31. The third kappa shape index (κ3) is 4.81. The summed E-state index contributed by atoms with van der Waals surface area (Å²) in [5.41, 5.74) is 1.64. The average molecular weight is 314 g/mol. The number of nitrogens with zero attached hydrogens (tertiary/aromatic N) is 1. The molecule has 23 heavy (non-hydrogen) atoms. The lowest BCUT2D eigenvalue weighted by Crippen LogP contribution is -2.33. The van der Waals surface area contributed by atoms with Crippen LogP contribution in [0.1, 0.15) is 12.5 Å². The second-order valence-electron chi connectivity index (χ2n) is 4.94. The number of nitro groups is 1. The van der Waals surface area contributed by atoms with Crippen molar-refractivity contribution in [2.45, 2.75) is 19.4 Å². The van der Waals surface area contributed by atoms with Crippen LogP contribution in [0.2, 0.25) is 0 Å². The van der Waals surface area contributed by atoms with Gasteiger partial charge in [-0.1, -0.05) is 30.3 Å². The minimum atomic E-state index is -0.557. The molecule has 2 aromatic rings. The molecule has 0 radical (unpaired) electrons. The quantitative estimate of drug-likeness (QED) is 0.482. The summed E-state index contributed by atoms with van der Waals surface area (Å²) < 4.78 is 5.10. The van der Waals surface area contributed by atoms with E-state index in [-0.39, 0.29) is 11.7 Å². The molecule has 2 rings (SSSR count). The number of hydrogen-bond donors (Lipinski definition) is 1. The van der Waals surface area contributed by atoms with Crippen LogP contribution in [0.25, 0.3) is 0 Å². The summed E-state index contributed by atoms with van der Waals surface area (Å²) in [7, 11) is 0. The van der Waals surface area contributed by atoms with Crippen molar-refractivity contribution in [2.75, 3.05) is 11.9 Å². The molecule has 0 spiro atoms. The predicted octanol–water partition coefficient (Wildman–Crippen LogP) is 3.18. The Morgan fingerprint density at radius 3 is 2.39 bits per heavy atom. The topological polar surface area (TPSA) is 81.5 Å². The first-order valence-electron chi connectivity index (χ1n) is 7.31. The van der Waals surface area contributed by atoms with Gasteiger partial charge in [0, 0.05) is 24.2 Å². The number of esters is 1. The van der Waals surface area contributed by atoms with Crippen molar-refractivity contribution in [1.82, 2.24) is 0 Å². The van der Waals surface area contributed by atoms with E-state index >= 15 is 0 Å². The number of ether oxygens (including phenoxy) is 1. The standard InChI is InChI=1S/C17H18N2O4/c1-2-23-17(20)16(12-13-6-4-3-5-7-13)18-14-8-10-15(11-9-14)19(21)22/h3-11,16,18H,2,12H2,1H3. The zero-order valence-electron chi connectivity index (χ0n) is 12.8. The van der Waals surface area contributed by atoms with Gasteiger partial charge in [-0.25, -0.2) is 4.79 Å². The zero-order valence-corrected chi connectivity index (χ0v) is 12.8. The van der Waals surface area contributed by atoms with Gasteiger partial charge in [0.2, 0.25) is 0 Å². The van der Waals surface area contributed by atoms with Gasteiger partial charge in [-0.15, -0.1) is 0 Å². The van der Waals surface area contributed by atoms with Crippen LogP contribution in [0.15, 0.2) is 54.6 Å². The van der Waals surface area contributed by atoms with E-state index in [9.17, 15) is 14.9 Å². The second-order valence-corrected chi connectivity index (χ2v) is 4.94. The molecule has 0 bridgehead atoms. The molecule has 0 aromatic heterocycles. The Labute approximate surface area is 134 Å². The van der Waals surface area contributed by atoms with E-state index in [1.54, 1.807) is 19.1 Å². The summed E-state index contributed by atoms with van der Waals surface area (Å²) in [6.45, 7) is 2.05. The highest BCUT2D eigenvalue weighted by Gasteiger charge is 2.20. The molecule has 0 saturated heterocycles. The third-order valence-electron chi connectivity index (χ3n) is 3.27. The largest absolute Gasteiger partial charge is 0.464 e. The Balaban J connectivity index is 2.13. The SMILES string of the molecule is CCOC(=O)C(Cc1ccccc1)Nc1ccc([N+](=O)[O-])cc1. The number of benzene rings is 2. The van der Waals surface area contributed by atoms with Crippen LogP contribution < -0.4 is 5.32 Å². The van der Waals surface area contributed by atoms with E-state index in [0.29, 0.717) is 18.7 Å². The summed E-state index contributed by atoms with van der Waals surface area (Å²) in [4.78, 5) is 22.4. The van der Waals surface area contributed by atoms with Gasteiger partial charge in [-0.05, 0) is 24.6 Å². The fraction of sp³-hybridized carbons (Fsp3) is 0.235. The van der Waals surface area contributed by atoms with Gasteiger partial charge in [0.05, 0.1) is 11.5 Å². The number of non-ortho nitro benzene ring substituents is 1. The van der Waals surface area contributed by atoms with Crippen molar-refractivity contribution in [3.63, 3.8) is 0 Å². The van der Waals surface area contributed by atoms with E-state index in [4.69, 9.17) is 4.74 Å². The lowest BCUT2D eigenvalue weighted by atomic mass is 10.1. The molecule has 6 nitrogen and oxygen atoms in total. The molecule has 0 amide bonds. The summed E-state index contributed by atoms with van der Waals surface area (Å²) in [6, 6.07) is 15.0. The Morgan fingerprint density at radius 1 is 1.17 bits per heavy atom. The lowest BCUT2D eigenvalue weighted by Gasteiger charge is -2.18. The first-order chi connectivity index (χ1) is 11.1. The van der Waals surface area contributed by atoms with Crippen molar-refractivity contribution >= 4 is 17.3 Å². The minimum Gasteiger partial charge on any atom is -0.464 e. The number of carbonyl (C=O) groups is 1. The van der Waals surface area contributed by atoms with Crippen LogP contribution in [-0.2, 0) is 16.0 Å². The Bertz CT molecular complexity index is 656. The molecule has 0 aliphatic heterocycles. The van der Waals surface area contributed by atoms with E-state index < -0.39 is 11.0 Å². The molecule has 0 aliphatic carbocycles. The van der Waals surface area contributed by atoms with E-state index in [0.717, 1.165) is 5.56 Å². The number of anilines is 1. The molecule has 0 fully saturated rings. The van der Waals surface area contributed by atoms with Gasteiger partial charge in [0.15, 0.2) is 0 Å². The van der Waals surface area contributed by atoms with Crippen LogP contribution in [0.3, 0.4) is 0 Å². The summed E-state index contributed by atoms with van der Waals surface area (Å²) >= 11 is 0. The van der Waals surface area contributed by atoms with Crippen LogP contribution in [0.4, 0.5) is 11.4 Å². The zero-order chi connectivity index (χ0) is 16.7. The third-order valence-corrected chi connectivity index (χ3v) is 3.27. The minimum absolute atomic E-state index is 0.00583. The van der Waals surface area contributed by atoms with E-state index in [1.165, 1.54) is 12.1 Å². The fourth-order valence-corrected chi connectivity index (χ4v) is 2.17. The second kappa shape index (κ2) is 7.93. The highest BCUT2D eigenvalue weighted by Crippen LogP contribution is 2.17. The predicted molar refractivity (Wildman–Crippen MR) is 87.3 cm³/mol. The average Bonchev–Trinajstić information content (AvgIpc) is 2.56. The van der Waals surface area contributed by atoms with E-state index in [1.807, 2.05) is 30.3 Å². The highest BCUT2D eigenvalue weighted by molar-refractivity contribution is 5.79. The number of carbonyl (C=O) groups excluding carboxylic acids is 1. The van der Waals surface area contributed by atoms with Gasteiger partial charge < -0.3 is 10.1 Å². The normalized spacial score (nSPS) is 11.5. The van der Waals surface area contributed by atoms with Crippen molar-refractivity contribution in [2.24, 2.45) is 0 Å². The van der Waals surface area contributed by atoms with Crippen LogP contribution in [0.5, 0.6) is 0 Å². The number of nitrogens with one attached hydrogen (secondary N) is 1. The molecule has 1 unspecified atom stereocenters. The smallest absolute Gasteiger partial charge is 0.328 e. The lowest BCUT2D eigenvalue weighted by molar-refractivity contribution is -0.384. The Hall–Kier alpha value is -2.89. The van der Waals surface area contributed by atoms with Crippen LogP contribution in [0, 0.1) is 10.1 Å². The van der Waals surface area contributed by atoms with Crippen molar-refractivity contribution < 1.29 is 14.5 Å². The monoisotopic (exact) mass is 314 g/mol. The maximum atomic E-state index is 12.1. The van der Waals surface area contributed by atoms with Crippen LogP contribution in [-0.4, -0.2) is 23.5 Å². The molecule has 0 saturated carbocycles. The Kier molecular flexibility index (Phi) is 5.68. The van der Waals surface area contributed by atoms with Gasteiger partial charge in [0.1, 0.15) is 6.04 Å². The number of nitro benzene ring substituents is 1. The highest BCUT2D eigenvalue weighted by atomic mass is 16.6. The molecule has 1 atom stereocenters. The molecular formula is C17H18N2O4. The molecule has 2 aromatic carbocycles. The summed E-state index contributed by atoms with van der Waals surface area (Å²) in [5, 5.41) is 13.8. The summed E-state index contributed by atoms with van der Waals surface area (Å²) in [6.07, 6.45) is 0.469. The van der Waals surface area contributed by atoms with E-state index in [2.05, 4.69) is 5.32 Å². The van der Waals surface area contributed by atoms with Gasteiger partial charge in [0.25, 0.3) is 5.69 Å². The van der Waals surface area contributed by atoms with Gasteiger partial charge >= 0.3 is 5.97 Å². The van der Waals surface area contributed by atoms with Crippen molar-refractivity contribution in [3.8, 4) is 0 Å². The number of hydrogen-bond acceptors (Lipinski definition) is 5. The van der Waals surface area contributed by atoms with Crippen molar-refractivity contribution in [3.05, 3.63) is 70.3 Å². The van der Waals surface area contributed by atoms with Crippen LogP contribution >= 0.6 is 0 Å². The van der Waals surface area contributed by atoms with Crippen molar-refractivity contribution in [1.29, 1.82) is 0 Å². The Morgan fingerprint density at radius 2 is 1.83 bits per heavy atom. The number of rotatable bonds is 7. The molecule has 0 heterocycles. The maximum absolute atomic E-state index is 12.1. The molecule has 6 heteroatoms. The first kappa shape index (κ1) is 16.5. The summed E-state index contributed by atoms with van der Waals surface area (Å²) in [5.74, 6) is -0.352. The molecular weight excluding hydrogens is 296 g/mol. The van der Waals surface area contributed by atoms with Gasteiger partial charge in [-0.3, -0.25) is 10.1 Å². The molecule has 1 N–H and O–H groups in total. The molecule has 120 valence electrons. The maximum Gasteiger partial charge on any atom is 0.328 e. The van der Waals surface area contributed by atoms with Gasteiger partial charge in [-0.2, -0.15) is 0 Å².